The van der Waals surface area contributed by atoms with Crippen LogP contribution in [0.5, 0.6) is 0 Å². The van der Waals surface area contributed by atoms with Crippen molar-refractivity contribution in [2.24, 2.45) is 0 Å². The van der Waals surface area contributed by atoms with Crippen molar-refractivity contribution in [1.29, 1.82) is 0 Å². The molecule has 1 unspecified atom stereocenters. The molecule has 0 radical (unpaired) electrons. The van der Waals surface area contributed by atoms with Crippen molar-refractivity contribution in [1.82, 2.24) is 10.6 Å². The Morgan fingerprint density at radius 1 is 1.20 bits per heavy atom. The molecule has 0 spiro atoms. The Morgan fingerprint density at radius 2 is 1.90 bits per heavy atom. The molecule has 1 atom stereocenters. The maximum Gasteiger partial charge on any atom is 0.326 e. The number of amides is 2. The second-order valence-electron chi connectivity index (χ2n) is 4.70. The van der Waals surface area contributed by atoms with Gasteiger partial charge in [-0.3, -0.25) is 0 Å². The predicted octanol–water partition coefficient (Wildman–Crippen LogP) is 0.981. The Hall–Kier alpha value is -1.34. The van der Waals surface area contributed by atoms with E-state index in [0.29, 0.717) is 13.2 Å². The van der Waals surface area contributed by atoms with Gasteiger partial charge in [-0.15, -0.1) is 0 Å². The van der Waals surface area contributed by atoms with Gasteiger partial charge in [0.25, 0.3) is 0 Å². The lowest BCUT2D eigenvalue weighted by Crippen LogP contribution is -2.46. The minimum Gasteiger partial charge on any atom is -0.480 e. The summed E-state index contributed by atoms with van der Waals surface area (Å²) in [6.45, 7) is 5.37. The van der Waals surface area contributed by atoms with E-state index in [2.05, 4.69) is 10.6 Å². The minimum absolute atomic E-state index is 0.211. The molecule has 0 bridgehead atoms. The molecule has 0 aromatic rings. The number of carbonyl (C=O) groups excluding carboxylic acids is 1. The van der Waals surface area contributed by atoms with E-state index in [1.54, 1.807) is 0 Å². The number of urea groups is 1. The van der Waals surface area contributed by atoms with Crippen molar-refractivity contribution >= 4 is 12.0 Å². The Labute approximate surface area is 120 Å². The number of aliphatic carboxylic acids is 1. The summed E-state index contributed by atoms with van der Waals surface area (Å²) >= 11 is 0. The number of methoxy groups -OCH3 is 1. The maximum atomic E-state index is 11.5. The van der Waals surface area contributed by atoms with E-state index in [4.69, 9.17) is 14.6 Å². The third-order valence-corrected chi connectivity index (χ3v) is 2.52. The van der Waals surface area contributed by atoms with Crippen LogP contribution in [0.4, 0.5) is 4.79 Å². The van der Waals surface area contributed by atoms with Crippen molar-refractivity contribution in [2.45, 2.75) is 45.3 Å². The molecule has 0 saturated carbocycles. The molecular formula is C13H26N2O5. The smallest absolute Gasteiger partial charge is 0.326 e. The van der Waals surface area contributed by atoms with Gasteiger partial charge in [0.15, 0.2) is 0 Å². The number of hydrogen-bond acceptors (Lipinski definition) is 4. The van der Waals surface area contributed by atoms with E-state index in [9.17, 15) is 9.59 Å². The summed E-state index contributed by atoms with van der Waals surface area (Å²) in [4.78, 5) is 22.4. The molecule has 20 heavy (non-hydrogen) atoms. The molecule has 7 nitrogen and oxygen atoms in total. The molecule has 0 fully saturated rings. The lowest BCUT2D eigenvalue weighted by Gasteiger charge is -2.14. The fourth-order valence-corrected chi connectivity index (χ4v) is 1.45. The normalized spacial score (nSPS) is 12.2. The zero-order valence-corrected chi connectivity index (χ0v) is 12.5. The third kappa shape index (κ3) is 10.6. The summed E-state index contributed by atoms with van der Waals surface area (Å²) < 4.78 is 10.2. The van der Waals surface area contributed by atoms with Gasteiger partial charge >= 0.3 is 12.0 Å². The fraction of sp³-hybridized carbons (Fsp3) is 0.846. The van der Waals surface area contributed by atoms with Crippen LogP contribution in [0.15, 0.2) is 0 Å². The number of nitrogens with one attached hydrogen (secondary N) is 2. The van der Waals surface area contributed by atoms with E-state index >= 15 is 0 Å². The molecule has 7 heteroatoms. The first-order valence-electron chi connectivity index (χ1n) is 6.85. The van der Waals surface area contributed by atoms with Crippen LogP contribution in [0.25, 0.3) is 0 Å². The van der Waals surface area contributed by atoms with Crippen molar-refractivity contribution in [3.8, 4) is 0 Å². The quantitative estimate of drug-likeness (QED) is 0.493. The van der Waals surface area contributed by atoms with Crippen LogP contribution in [0.3, 0.4) is 0 Å². The monoisotopic (exact) mass is 290 g/mol. The molecule has 0 rings (SSSR count). The zero-order chi connectivity index (χ0) is 15.4. The Balaban J connectivity index is 3.71. The molecule has 3 N–H and O–H groups in total. The van der Waals surface area contributed by atoms with Gasteiger partial charge in [0.1, 0.15) is 6.04 Å². The lowest BCUT2D eigenvalue weighted by atomic mass is 10.2. The van der Waals surface area contributed by atoms with E-state index in [0.717, 1.165) is 12.8 Å². The van der Waals surface area contributed by atoms with Crippen LogP contribution in [0.1, 0.15) is 33.1 Å². The van der Waals surface area contributed by atoms with E-state index in [-0.39, 0.29) is 19.1 Å². The average molecular weight is 290 g/mol. The van der Waals surface area contributed by atoms with Gasteiger partial charge in [-0.25, -0.2) is 9.59 Å². The second kappa shape index (κ2) is 11.5. The standard InChI is InChI=1S/C13H26N2O5/c1-10(2)20-8-5-4-7-14-13(18)15-11(12(16)17)6-9-19-3/h10-11H,4-9H2,1-3H3,(H,16,17)(H2,14,15,18). The molecule has 2 amide bonds. The molecule has 0 heterocycles. The zero-order valence-electron chi connectivity index (χ0n) is 12.5. The molecule has 0 aromatic carbocycles. The van der Waals surface area contributed by atoms with E-state index < -0.39 is 18.0 Å². The first-order chi connectivity index (χ1) is 9.47. The largest absolute Gasteiger partial charge is 0.480 e. The summed E-state index contributed by atoms with van der Waals surface area (Å²) in [6.07, 6.45) is 2.09. The molecule has 118 valence electrons. The van der Waals surface area contributed by atoms with E-state index in [1.807, 2.05) is 13.8 Å². The van der Waals surface area contributed by atoms with E-state index in [1.165, 1.54) is 7.11 Å². The third-order valence-electron chi connectivity index (χ3n) is 2.52. The topological polar surface area (TPSA) is 96.9 Å². The van der Waals surface area contributed by atoms with Crippen molar-refractivity contribution < 1.29 is 24.2 Å². The summed E-state index contributed by atoms with van der Waals surface area (Å²) in [5.41, 5.74) is 0. The van der Waals surface area contributed by atoms with Gasteiger partial charge in [-0.1, -0.05) is 0 Å². The fourth-order valence-electron chi connectivity index (χ4n) is 1.45. The summed E-state index contributed by atoms with van der Waals surface area (Å²) in [6, 6.07) is -1.41. The minimum atomic E-state index is -1.07. The van der Waals surface area contributed by atoms with Gasteiger partial charge in [0.2, 0.25) is 0 Å². The highest BCUT2D eigenvalue weighted by Gasteiger charge is 2.18. The second-order valence-corrected chi connectivity index (χ2v) is 4.70. The summed E-state index contributed by atoms with van der Waals surface area (Å²) in [7, 11) is 1.48. The number of carboxylic acids is 1. The van der Waals surface area contributed by atoms with Gasteiger partial charge < -0.3 is 25.2 Å². The SMILES string of the molecule is COCCC(NC(=O)NCCCCOC(C)C)C(=O)O. The molecule has 0 aliphatic rings. The predicted molar refractivity (Wildman–Crippen MR) is 74.8 cm³/mol. The van der Waals surface area contributed by atoms with Crippen LogP contribution in [-0.2, 0) is 14.3 Å². The Bertz CT molecular complexity index is 284. The van der Waals surface area contributed by atoms with Crippen molar-refractivity contribution in [3.05, 3.63) is 0 Å². The van der Waals surface area contributed by atoms with Crippen LogP contribution in [-0.4, -0.2) is 56.1 Å². The maximum absolute atomic E-state index is 11.5. The summed E-state index contributed by atoms with van der Waals surface area (Å²) in [5.74, 6) is -1.07. The number of ether oxygens (including phenoxy) is 2. The lowest BCUT2D eigenvalue weighted by molar-refractivity contribution is -0.139. The van der Waals surface area contributed by atoms with Crippen LogP contribution < -0.4 is 10.6 Å². The van der Waals surface area contributed by atoms with Crippen molar-refractivity contribution in [2.75, 3.05) is 26.9 Å². The van der Waals surface area contributed by atoms with Gasteiger partial charge in [-0.05, 0) is 26.7 Å². The van der Waals surface area contributed by atoms with Crippen LogP contribution in [0, 0.1) is 0 Å². The Kier molecular flexibility index (Phi) is 10.7. The number of hydrogen-bond donors (Lipinski definition) is 3. The molecule has 0 saturated heterocycles. The van der Waals surface area contributed by atoms with Gasteiger partial charge in [-0.2, -0.15) is 0 Å². The van der Waals surface area contributed by atoms with Gasteiger partial charge in [0, 0.05) is 33.3 Å². The van der Waals surface area contributed by atoms with Crippen molar-refractivity contribution in [3.63, 3.8) is 0 Å². The van der Waals surface area contributed by atoms with Crippen LogP contribution in [0.2, 0.25) is 0 Å². The van der Waals surface area contributed by atoms with Crippen LogP contribution >= 0.6 is 0 Å². The number of carboxylic acid groups (broad SMARTS) is 1. The highest BCUT2D eigenvalue weighted by atomic mass is 16.5. The highest BCUT2D eigenvalue weighted by molar-refractivity contribution is 5.82. The molecule has 0 aliphatic heterocycles. The number of rotatable bonds is 11. The summed E-state index contributed by atoms with van der Waals surface area (Å²) in [5, 5.41) is 14.0. The Morgan fingerprint density at radius 3 is 2.45 bits per heavy atom. The molecule has 0 aliphatic carbocycles. The highest BCUT2D eigenvalue weighted by Crippen LogP contribution is 1.95. The number of unbranched alkanes of at least 4 members (excludes halogenated alkanes) is 1. The first kappa shape index (κ1) is 18.7. The average Bonchev–Trinajstić information content (AvgIpc) is 2.37. The first-order valence-corrected chi connectivity index (χ1v) is 6.85. The number of carbonyl (C=O) groups is 2. The molecular weight excluding hydrogens is 264 g/mol. The molecule has 0 aromatic heterocycles. The van der Waals surface area contributed by atoms with Gasteiger partial charge in [0.05, 0.1) is 6.10 Å².